The number of rotatable bonds is 6. The highest BCUT2D eigenvalue weighted by molar-refractivity contribution is 5.92. The number of halogens is 2. The number of ether oxygens (including phenoxy) is 1. The molecule has 0 radical (unpaired) electrons. The van der Waals surface area contributed by atoms with Gasteiger partial charge in [0.05, 0.1) is 16.8 Å². The number of nitrogens with one attached hydrogen (secondary N) is 1. The average Bonchev–Trinajstić information content (AvgIpc) is 3.56. The molecule has 1 aliphatic rings. The fourth-order valence-electron chi connectivity index (χ4n) is 4.10. The van der Waals surface area contributed by atoms with Gasteiger partial charge < -0.3 is 10.1 Å². The van der Waals surface area contributed by atoms with Gasteiger partial charge in [-0.05, 0) is 60.9 Å². The first-order valence-electron chi connectivity index (χ1n) is 11.1. The molecule has 0 spiro atoms. The SMILES string of the molecule is Cn1cc2cc(-n3nc4ccc(NC5CC5)nc4c(-c4ccc(OC(F)F)cc4)c3=O)ccc2n1. The van der Waals surface area contributed by atoms with Gasteiger partial charge in [-0.2, -0.15) is 23.7 Å². The maximum Gasteiger partial charge on any atom is 0.387 e. The minimum absolute atomic E-state index is 0.00788. The first kappa shape index (κ1) is 21.2. The first-order valence-corrected chi connectivity index (χ1v) is 11.1. The molecule has 0 bridgehead atoms. The van der Waals surface area contributed by atoms with E-state index in [2.05, 4.69) is 20.3 Å². The van der Waals surface area contributed by atoms with Gasteiger partial charge in [-0.3, -0.25) is 9.48 Å². The standard InChI is InChI=1S/C25H20F2N6O2/c1-32-13-15-12-17(6-9-19(15)30-32)33-24(34)22(14-2-7-18(8-3-14)35-25(26)27)23-20(31-33)10-11-21(29-23)28-16-4-5-16/h2-3,6-13,16,25H,4-5H2,1H3,(H,28,29). The molecule has 5 aromatic rings. The summed E-state index contributed by atoms with van der Waals surface area (Å²) in [5.41, 5.74) is 2.82. The van der Waals surface area contributed by atoms with Crippen molar-refractivity contribution in [2.45, 2.75) is 25.5 Å². The first-order chi connectivity index (χ1) is 16.9. The zero-order chi connectivity index (χ0) is 24.1. The van der Waals surface area contributed by atoms with Crippen molar-refractivity contribution in [3.63, 3.8) is 0 Å². The zero-order valence-corrected chi connectivity index (χ0v) is 18.7. The maximum atomic E-state index is 13.8. The van der Waals surface area contributed by atoms with Crippen molar-refractivity contribution in [3.8, 4) is 22.6 Å². The van der Waals surface area contributed by atoms with Gasteiger partial charge in [0.15, 0.2) is 0 Å². The van der Waals surface area contributed by atoms with Crippen LogP contribution in [0.25, 0.3) is 38.8 Å². The van der Waals surface area contributed by atoms with Crippen molar-refractivity contribution < 1.29 is 13.5 Å². The van der Waals surface area contributed by atoms with E-state index in [1.807, 2.05) is 37.5 Å². The van der Waals surface area contributed by atoms with E-state index in [1.54, 1.807) is 22.9 Å². The monoisotopic (exact) mass is 474 g/mol. The number of hydrogen-bond donors (Lipinski definition) is 1. The molecule has 0 atom stereocenters. The molecule has 2 aromatic carbocycles. The number of anilines is 1. The molecule has 8 nitrogen and oxygen atoms in total. The van der Waals surface area contributed by atoms with Crippen molar-refractivity contribution in [2.75, 3.05) is 5.32 Å². The Morgan fingerprint density at radius 1 is 1.03 bits per heavy atom. The Balaban J connectivity index is 1.55. The molecular weight excluding hydrogens is 454 g/mol. The van der Waals surface area contributed by atoms with Crippen LogP contribution in [0.4, 0.5) is 14.6 Å². The molecule has 6 rings (SSSR count). The second kappa shape index (κ2) is 8.15. The smallest absolute Gasteiger partial charge is 0.387 e. The number of hydrogen-bond acceptors (Lipinski definition) is 6. The molecule has 3 heterocycles. The summed E-state index contributed by atoms with van der Waals surface area (Å²) in [4.78, 5) is 18.5. The molecule has 0 amide bonds. The van der Waals surface area contributed by atoms with Crippen LogP contribution < -0.4 is 15.6 Å². The minimum Gasteiger partial charge on any atom is -0.435 e. The van der Waals surface area contributed by atoms with Gasteiger partial charge in [0, 0.05) is 24.7 Å². The van der Waals surface area contributed by atoms with E-state index >= 15 is 0 Å². The molecule has 1 fully saturated rings. The Hall–Kier alpha value is -4.34. The largest absolute Gasteiger partial charge is 0.435 e. The van der Waals surface area contributed by atoms with E-state index in [-0.39, 0.29) is 11.3 Å². The summed E-state index contributed by atoms with van der Waals surface area (Å²) < 4.78 is 32.7. The van der Waals surface area contributed by atoms with Gasteiger partial charge in [0.25, 0.3) is 5.56 Å². The number of aromatic nitrogens is 5. The Morgan fingerprint density at radius 2 is 1.80 bits per heavy atom. The molecule has 1 N–H and O–H groups in total. The highest BCUT2D eigenvalue weighted by Crippen LogP contribution is 2.29. The summed E-state index contributed by atoms with van der Waals surface area (Å²) in [7, 11) is 1.83. The lowest BCUT2D eigenvalue weighted by Crippen LogP contribution is -2.23. The molecule has 0 aliphatic heterocycles. The van der Waals surface area contributed by atoms with Gasteiger partial charge in [-0.15, -0.1) is 0 Å². The van der Waals surface area contributed by atoms with E-state index in [0.29, 0.717) is 39.7 Å². The van der Waals surface area contributed by atoms with Crippen LogP contribution in [0.1, 0.15) is 12.8 Å². The molecule has 10 heteroatoms. The van der Waals surface area contributed by atoms with E-state index in [1.165, 1.54) is 16.8 Å². The molecule has 176 valence electrons. The van der Waals surface area contributed by atoms with Gasteiger partial charge in [-0.25, -0.2) is 4.98 Å². The van der Waals surface area contributed by atoms with E-state index in [0.717, 1.165) is 23.7 Å². The summed E-state index contributed by atoms with van der Waals surface area (Å²) in [6.45, 7) is -2.93. The van der Waals surface area contributed by atoms with Crippen molar-refractivity contribution in [1.29, 1.82) is 0 Å². The van der Waals surface area contributed by atoms with Crippen LogP contribution in [-0.2, 0) is 7.05 Å². The second-order valence-corrected chi connectivity index (χ2v) is 8.52. The maximum absolute atomic E-state index is 13.8. The number of fused-ring (bicyclic) bond motifs is 2. The van der Waals surface area contributed by atoms with Gasteiger partial charge >= 0.3 is 6.61 Å². The molecule has 1 saturated carbocycles. The highest BCUT2D eigenvalue weighted by Gasteiger charge is 2.22. The third-order valence-corrected chi connectivity index (χ3v) is 5.87. The minimum atomic E-state index is -2.93. The van der Waals surface area contributed by atoms with Gasteiger partial charge in [-0.1, -0.05) is 12.1 Å². The Morgan fingerprint density at radius 3 is 2.54 bits per heavy atom. The highest BCUT2D eigenvalue weighted by atomic mass is 19.3. The van der Waals surface area contributed by atoms with Crippen molar-refractivity contribution in [2.24, 2.45) is 7.05 Å². The van der Waals surface area contributed by atoms with Gasteiger partial charge in [0.1, 0.15) is 22.6 Å². The Labute approximate surface area is 197 Å². The summed E-state index contributed by atoms with van der Waals surface area (Å²) in [5, 5.41) is 13.2. The normalized spacial score (nSPS) is 13.6. The summed E-state index contributed by atoms with van der Waals surface area (Å²) >= 11 is 0. The lowest BCUT2D eigenvalue weighted by molar-refractivity contribution is -0.0498. The summed E-state index contributed by atoms with van der Waals surface area (Å²) in [5.74, 6) is 0.670. The molecule has 0 unspecified atom stereocenters. The topological polar surface area (TPSA) is 86.9 Å². The third-order valence-electron chi connectivity index (χ3n) is 5.87. The number of pyridine rings is 1. The van der Waals surface area contributed by atoms with E-state index in [9.17, 15) is 13.6 Å². The van der Waals surface area contributed by atoms with Crippen molar-refractivity contribution >= 4 is 27.8 Å². The summed E-state index contributed by atoms with van der Waals surface area (Å²) in [6, 6.07) is 15.5. The quantitative estimate of drug-likeness (QED) is 0.390. The second-order valence-electron chi connectivity index (χ2n) is 8.52. The average molecular weight is 474 g/mol. The van der Waals surface area contributed by atoms with Crippen LogP contribution in [0, 0.1) is 0 Å². The zero-order valence-electron chi connectivity index (χ0n) is 18.7. The fourth-order valence-corrected chi connectivity index (χ4v) is 4.10. The number of nitrogens with zero attached hydrogens (tertiary/aromatic N) is 5. The van der Waals surface area contributed by atoms with Gasteiger partial charge in [0.2, 0.25) is 0 Å². The van der Waals surface area contributed by atoms with E-state index in [4.69, 9.17) is 4.98 Å². The summed E-state index contributed by atoms with van der Waals surface area (Å²) in [6.07, 6.45) is 4.02. The Kier molecular flexibility index (Phi) is 4.94. The van der Waals surface area contributed by atoms with Crippen LogP contribution in [0.15, 0.2) is 65.6 Å². The molecule has 3 aromatic heterocycles. The lowest BCUT2D eigenvalue weighted by atomic mass is 10.1. The Bertz CT molecular complexity index is 1620. The fraction of sp³-hybridized carbons (Fsp3) is 0.200. The van der Waals surface area contributed by atoms with Crippen LogP contribution in [0.3, 0.4) is 0 Å². The van der Waals surface area contributed by atoms with Crippen LogP contribution in [-0.4, -0.2) is 37.2 Å². The number of aryl methyl sites for hydroxylation is 1. The molecule has 35 heavy (non-hydrogen) atoms. The number of alkyl halides is 2. The van der Waals surface area contributed by atoms with Crippen LogP contribution in [0.5, 0.6) is 5.75 Å². The molecular formula is C25H20F2N6O2. The van der Waals surface area contributed by atoms with Crippen LogP contribution in [0.2, 0.25) is 0 Å². The predicted molar refractivity (Wildman–Crippen MR) is 128 cm³/mol. The third kappa shape index (κ3) is 4.07. The lowest BCUT2D eigenvalue weighted by Gasteiger charge is -2.13. The van der Waals surface area contributed by atoms with Crippen molar-refractivity contribution in [1.82, 2.24) is 24.5 Å². The van der Waals surface area contributed by atoms with E-state index < -0.39 is 6.61 Å². The number of benzene rings is 2. The van der Waals surface area contributed by atoms with Crippen LogP contribution >= 0.6 is 0 Å². The molecule has 1 aliphatic carbocycles. The molecule has 0 saturated heterocycles. The van der Waals surface area contributed by atoms with Crippen molar-refractivity contribution in [3.05, 3.63) is 71.1 Å². The predicted octanol–water partition coefficient (Wildman–Crippen LogP) is 4.51.